The van der Waals surface area contributed by atoms with E-state index < -0.39 is 0 Å². The highest BCUT2D eigenvalue weighted by molar-refractivity contribution is 14.0. The zero-order valence-electron chi connectivity index (χ0n) is 14.5. The molecule has 6 nitrogen and oxygen atoms in total. The predicted molar refractivity (Wildman–Crippen MR) is 102 cm³/mol. The summed E-state index contributed by atoms with van der Waals surface area (Å²) in [5.41, 5.74) is 0. The molecular weight excluding hydrogens is 395 g/mol. The molecule has 1 saturated heterocycles. The SMILES string of the molecule is CCOC1CCN(C(=NC)NCCN(C)CCOC)CC1.I. The molecule has 1 heterocycles. The van der Waals surface area contributed by atoms with Gasteiger partial charge in [0.15, 0.2) is 5.96 Å². The lowest BCUT2D eigenvalue weighted by Crippen LogP contribution is -2.48. The maximum Gasteiger partial charge on any atom is 0.193 e. The van der Waals surface area contributed by atoms with E-state index in [2.05, 4.69) is 34.1 Å². The third kappa shape index (κ3) is 8.50. The van der Waals surface area contributed by atoms with E-state index >= 15 is 0 Å². The second-order valence-corrected chi connectivity index (χ2v) is 5.41. The molecule has 1 N–H and O–H groups in total. The zero-order valence-corrected chi connectivity index (χ0v) is 16.8. The maximum atomic E-state index is 5.69. The molecule has 0 spiro atoms. The van der Waals surface area contributed by atoms with E-state index in [1.54, 1.807) is 7.11 Å². The monoisotopic (exact) mass is 428 g/mol. The molecule has 1 fully saturated rings. The molecule has 0 amide bonds. The normalized spacial score (nSPS) is 16.8. The Morgan fingerprint density at radius 1 is 1.32 bits per heavy atom. The lowest BCUT2D eigenvalue weighted by molar-refractivity contribution is 0.0263. The van der Waals surface area contributed by atoms with Crippen LogP contribution in [-0.2, 0) is 9.47 Å². The molecule has 0 aliphatic carbocycles. The number of likely N-dealkylation sites (N-methyl/N-ethyl adjacent to an activating group) is 1. The number of halogens is 1. The molecule has 132 valence electrons. The molecule has 0 aromatic rings. The van der Waals surface area contributed by atoms with Crippen molar-refractivity contribution in [1.82, 2.24) is 15.1 Å². The summed E-state index contributed by atoms with van der Waals surface area (Å²) in [7, 11) is 5.70. The smallest absolute Gasteiger partial charge is 0.193 e. The lowest BCUT2D eigenvalue weighted by atomic mass is 10.1. The topological polar surface area (TPSA) is 49.3 Å². The van der Waals surface area contributed by atoms with E-state index in [-0.39, 0.29) is 24.0 Å². The molecular formula is C15H33IN4O2. The number of guanidine groups is 1. The summed E-state index contributed by atoms with van der Waals surface area (Å²) in [5.74, 6) is 1.00. The Morgan fingerprint density at radius 2 is 2.00 bits per heavy atom. The fraction of sp³-hybridized carbons (Fsp3) is 0.933. The number of nitrogens with zero attached hydrogens (tertiary/aromatic N) is 3. The van der Waals surface area contributed by atoms with Crippen molar-refractivity contribution in [2.45, 2.75) is 25.9 Å². The van der Waals surface area contributed by atoms with Crippen molar-refractivity contribution in [2.24, 2.45) is 4.99 Å². The summed E-state index contributed by atoms with van der Waals surface area (Å²) in [6.07, 6.45) is 2.59. The van der Waals surface area contributed by atoms with Crippen molar-refractivity contribution < 1.29 is 9.47 Å². The van der Waals surface area contributed by atoms with Gasteiger partial charge >= 0.3 is 0 Å². The van der Waals surface area contributed by atoms with Gasteiger partial charge in [0.05, 0.1) is 12.7 Å². The minimum absolute atomic E-state index is 0. The van der Waals surface area contributed by atoms with Crippen LogP contribution >= 0.6 is 24.0 Å². The van der Waals surface area contributed by atoms with Crippen LogP contribution in [0.4, 0.5) is 0 Å². The molecule has 1 aliphatic heterocycles. The van der Waals surface area contributed by atoms with Crippen LogP contribution in [-0.4, -0.2) is 89.0 Å². The zero-order chi connectivity index (χ0) is 15.5. The number of rotatable bonds is 8. The minimum atomic E-state index is 0. The molecule has 0 aromatic heterocycles. The number of aliphatic imine (C=N–C) groups is 1. The average Bonchev–Trinajstić information content (AvgIpc) is 2.51. The Balaban J connectivity index is 0.00000441. The molecule has 0 aromatic carbocycles. The highest BCUT2D eigenvalue weighted by atomic mass is 127. The van der Waals surface area contributed by atoms with Gasteiger partial charge < -0.3 is 24.6 Å². The van der Waals surface area contributed by atoms with Crippen molar-refractivity contribution in [3.05, 3.63) is 0 Å². The first kappa shape index (κ1) is 21.9. The van der Waals surface area contributed by atoms with Gasteiger partial charge in [-0.25, -0.2) is 0 Å². The van der Waals surface area contributed by atoms with Crippen LogP contribution in [0, 0.1) is 0 Å². The van der Waals surface area contributed by atoms with Gasteiger partial charge in [0.25, 0.3) is 0 Å². The third-order valence-electron chi connectivity index (χ3n) is 3.81. The van der Waals surface area contributed by atoms with Gasteiger partial charge in [-0.3, -0.25) is 4.99 Å². The third-order valence-corrected chi connectivity index (χ3v) is 3.81. The van der Waals surface area contributed by atoms with Gasteiger partial charge in [-0.2, -0.15) is 0 Å². The van der Waals surface area contributed by atoms with Crippen LogP contribution in [0.3, 0.4) is 0 Å². The standard InChI is InChI=1S/C15H32N4O2.HI/c1-5-21-14-6-9-19(10-7-14)15(16-2)17-8-11-18(3)12-13-20-4;/h14H,5-13H2,1-4H3,(H,16,17);1H. The van der Waals surface area contributed by atoms with E-state index in [4.69, 9.17) is 9.47 Å². The highest BCUT2D eigenvalue weighted by Crippen LogP contribution is 2.13. The largest absolute Gasteiger partial charge is 0.383 e. The van der Waals surface area contributed by atoms with Gasteiger partial charge in [0.1, 0.15) is 0 Å². The minimum Gasteiger partial charge on any atom is -0.383 e. The van der Waals surface area contributed by atoms with Crippen molar-refractivity contribution in [1.29, 1.82) is 0 Å². The fourth-order valence-corrected chi connectivity index (χ4v) is 2.52. The van der Waals surface area contributed by atoms with Crippen LogP contribution in [0.25, 0.3) is 0 Å². The summed E-state index contributed by atoms with van der Waals surface area (Å²) < 4.78 is 10.8. The molecule has 0 bridgehead atoms. The number of hydrogen-bond acceptors (Lipinski definition) is 4. The summed E-state index contributed by atoms with van der Waals surface area (Å²) in [5, 5.41) is 3.45. The van der Waals surface area contributed by atoms with Gasteiger partial charge in [-0.05, 0) is 26.8 Å². The van der Waals surface area contributed by atoms with Crippen molar-refractivity contribution in [3.8, 4) is 0 Å². The number of hydrogen-bond donors (Lipinski definition) is 1. The summed E-state index contributed by atoms with van der Waals surface area (Å²) in [6.45, 7) is 8.52. The quantitative estimate of drug-likeness (QED) is 0.359. The number of likely N-dealkylation sites (tertiary alicyclic amines) is 1. The van der Waals surface area contributed by atoms with Crippen LogP contribution in [0.15, 0.2) is 4.99 Å². The lowest BCUT2D eigenvalue weighted by Gasteiger charge is -2.34. The van der Waals surface area contributed by atoms with E-state index in [9.17, 15) is 0 Å². The van der Waals surface area contributed by atoms with Gasteiger partial charge in [-0.1, -0.05) is 0 Å². The maximum absolute atomic E-state index is 5.69. The number of piperidine rings is 1. The van der Waals surface area contributed by atoms with Crippen molar-refractivity contribution >= 4 is 29.9 Å². The van der Waals surface area contributed by atoms with E-state index in [1.807, 2.05) is 7.05 Å². The van der Waals surface area contributed by atoms with Crippen LogP contribution in [0.5, 0.6) is 0 Å². The molecule has 7 heteroatoms. The second kappa shape index (κ2) is 13.3. The summed E-state index contributed by atoms with van der Waals surface area (Å²) in [4.78, 5) is 8.97. The van der Waals surface area contributed by atoms with E-state index in [1.165, 1.54) is 0 Å². The summed E-state index contributed by atoms with van der Waals surface area (Å²) >= 11 is 0. The number of ether oxygens (including phenoxy) is 2. The molecule has 0 saturated carbocycles. The first-order valence-corrected chi connectivity index (χ1v) is 7.96. The van der Waals surface area contributed by atoms with E-state index in [0.29, 0.717) is 6.10 Å². The molecule has 0 atom stereocenters. The second-order valence-electron chi connectivity index (χ2n) is 5.41. The van der Waals surface area contributed by atoms with Gasteiger partial charge in [0, 0.05) is 53.5 Å². The number of nitrogens with one attached hydrogen (secondary N) is 1. The van der Waals surface area contributed by atoms with Crippen LogP contribution < -0.4 is 5.32 Å². The van der Waals surface area contributed by atoms with Gasteiger partial charge in [0.2, 0.25) is 0 Å². The van der Waals surface area contributed by atoms with Crippen molar-refractivity contribution in [3.63, 3.8) is 0 Å². The van der Waals surface area contributed by atoms with Gasteiger partial charge in [-0.15, -0.1) is 24.0 Å². The Bertz CT molecular complexity index is 297. The first-order chi connectivity index (χ1) is 10.2. The molecule has 0 radical (unpaired) electrons. The first-order valence-electron chi connectivity index (χ1n) is 7.96. The fourth-order valence-electron chi connectivity index (χ4n) is 2.52. The molecule has 1 rings (SSSR count). The van der Waals surface area contributed by atoms with E-state index in [0.717, 1.165) is 64.7 Å². The molecule has 1 aliphatic rings. The number of methoxy groups -OCH3 is 1. The predicted octanol–water partition coefficient (Wildman–Crippen LogP) is 1.26. The average molecular weight is 428 g/mol. The van der Waals surface area contributed by atoms with Crippen LogP contribution in [0.2, 0.25) is 0 Å². The highest BCUT2D eigenvalue weighted by Gasteiger charge is 2.21. The van der Waals surface area contributed by atoms with Crippen molar-refractivity contribution in [2.75, 3.05) is 67.1 Å². The Hall–Kier alpha value is -0.120. The van der Waals surface area contributed by atoms with Crippen LogP contribution in [0.1, 0.15) is 19.8 Å². The Morgan fingerprint density at radius 3 is 2.55 bits per heavy atom. The Labute approximate surface area is 152 Å². The molecule has 0 unspecified atom stereocenters. The Kier molecular flexibility index (Phi) is 13.3. The summed E-state index contributed by atoms with van der Waals surface area (Å²) in [6, 6.07) is 0. The molecule has 22 heavy (non-hydrogen) atoms.